The van der Waals surface area contributed by atoms with Gasteiger partial charge in [0.1, 0.15) is 17.4 Å². The van der Waals surface area contributed by atoms with Gasteiger partial charge in [-0.15, -0.1) is 13.2 Å². The molecule has 1 heterocycles. The fraction of sp³-hybridized carbons (Fsp3) is 0.391. The van der Waals surface area contributed by atoms with E-state index >= 15 is 0 Å². The van der Waals surface area contributed by atoms with Crippen molar-refractivity contribution in [3.63, 3.8) is 0 Å². The van der Waals surface area contributed by atoms with Crippen LogP contribution in [-0.2, 0) is 0 Å². The molecule has 1 aromatic heterocycles. The van der Waals surface area contributed by atoms with Gasteiger partial charge in [-0.25, -0.2) is 9.37 Å². The van der Waals surface area contributed by atoms with Gasteiger partial charge in [-0.3, -0.25) is 4.79 Å². The molecule has 10 heteroatoms. The molecule has 176 valence electrons. The number of amides is 1. The van der Waals surface area contributed by atoms with E-state index in [-0.39, 0.29) is 0 Å². The normalized spacial score (nSPS) is 15.0. The number of benzene rings is 2. The number of imidazole rings is 1. The lowest BCUT2D eigenvalue weighted by molar-refractivity contribution is -0.274. The van der Waals surface area contributed by atoms with Gasteiger partial charge in [0.05, 0.1) is 28.0 Å². The Balaban J connectivity index is 1.61. The molecule has 2 aromatic carbocycles. The van der Waals surface area contributed by atoms with Gasteiger partial charge in [0.2, 0.25) is 0 Å². The molecule has 0 saturated heterocycles. The summed E-state index contributed by atoms with van der Waals surface area (Å²) in [7, 11) is 3.61. The molecular formula is C23H24F4N4O2. The molecule has 6 nitrogen and oxygen atoms in total. The summed E-state index contributed by atoms with van der Waals surface area (Å²) in [6.07, 6.45) is 0.785. The fourth-order valence-electron chi connectivity index (χ4n) is 4.17. The van der Waals surface area contributed by atoms with Gasteiger partial charge in [-0.05, 0) is 37.1 Å². The van der Waals surface area contributed by atoms with Gasteiger partial charge < -0.3 is 19.9 Å². The van der Waals surface area contributed by atoms with Crippen LogP contribution in [0.2, 0.25) is 0 Å². The lowest BCUT2D eigenvalue weighted by atomic mass is 9.89. The van der Waals surface area contributed by atoms with Crippen molar-refractivity contribution < 1.29 is 27.1 Å². The number of H-pyrrole nitrogens is 1. The van der Waals surface area contributed by atoms with Crippen molar-refractivity contribution >= 4 is 28.3 Å². The van der Waals surface area contributed by atoms with Crippen molar-refractivity contribution in [1.29, 1.82) is 0 Å². The zero-order valence-electron chi connectivity index (χ0n) is 18.2. The Hall–Kier alpha value is -3.30. The fourth-order valence-corrected chi connectivity index (χ4v) is 4.17. The third-order valence-corrected chi connectivity index (χ3v) is 5.76. The predicted octanol–water partition coefficient (Wildman–Crippen LogP) is 5.97. The van der Waals surface area contributed by atoms with Crippen LogP contribution < -0.4 is 15.0 Å². The van der Waals surface area contributed by atoms with E-state index in [1.165, 1.54) is 19.3 Å². The first-order valence-corrected chi connectivity index (χ1v) is 10.7. The molecule has 0 atom stereocenters. The molecule has 0 radical (unpaired) electrons. The van der Waals surface area contributed by atoms with Gasteiger partial charge in [0.15, 0.2) is 0 Å². The van der Waals surface area contributed by atoms with Crippen LogP contribution in [0.4, 0.5) is 28.9 Å². The van der Waals surface area contributed by atoms with E-state index in [1.807, 2.05) is 6.07 Å². The quantitative estimate of drug-likeness (QED) is 0.457. The molecule has 3 aromatic rings. The van der Waals surface area contributed by atoms with E-state index in [9.17, 15) is 22.4 Å². The molecule has 0 bridgehead atoms. The topological polar surface area (TPSA) is 70.2 Å². The summed E-state index contributed by atoms with van der Waals surface area (Å²) in [5, 5.41) is 2.66. The highest BCUT2D eigenvalue weighted by Gasteiger charge is 2.31. The number of ether oxygens (including phenoxy) is 1. The van der Waals surface area contributed by atoms with E-state index in [2.05, 4.69) is 15.0 Å². The molecule has 1 saturated carbocycles. The number of rotatable bonds is 5. The number of hydrogen-bond donors (Lipinski definition) is 2. The molecule has 0 spiro atoms. The smallest absolute Gasteiger partial charge is 0.406 e. The maximum absolute atomic E-state index is 14.4. The largest absolute Gasteiger partial charge is 0.573 e. The van der Waals surface area contributed by atoms with Crippen molar-refractivity contribution in [3.05, 3.63) is 47.5 Å². The molecule has 0 aliphatic heterocycles. The Kier molecular flexibility index (Phi) is 6.18. The second kappa shape index (κ2) is 8.92. The minimum absolute atomic E-state index is 0.374. The van der Waals surface area contributed by atoms with Crippen molar-refractivity contribution in [2.24, 2.45) is 0 Å². The predicted molar refractivity (Wildman–Crippen MR) is 117 cm³/mol. The SMILES string of the molecule is CN(C)c1cc2[nH]c(C3CCCCC3)nc2cc1NC(=O)c1ccc(OC(F)(F)F)cc1F. The third kappa shape index (κ3) is 5.20. The summed E-state index contributed by atoms with van der Waals surface area (Å²) in [4.78, 5) is 22.6. The number of carbonyl (C=O) groups is 1. The number of alkyl halides is 3. The number of fused-ring (bicyclic) bond motifs is 1. The van der Waals surface area contributed by atoms with Crippen molar-refractivity contribution in [2.45, 2.75) is 44.4 Å². The summed E-state index contributed by atoms with van der Waals surface area (Å²) in [5.74, 6) is -1.36. The maximum Gasteiger partial charge on any atom is 0.573 e. The summed E-state index contributed by atoms with van der Waals surface area (Å²) in [6.45, 7) is 0. The Morgan fingerprint density at radius 2 is 1.88 bits per heavy atom. The molecule has 33 heavy (non-hydrogen) atoms. The van der Waals surface area contributed by atoms with Gasteiger partial charge >= 0.3 is 6.36 Å². The van der Waals surface area contributed by atoms with E-state index < -0.39 is 29.4 Å². The molecule has 1 aliphatic rings. The zero-order valence-corrected chi connectivity index (χ0v) is 18.2. The number of nitrogens with one attached hydrogen (secondary N) is 2. The van der Waals surface area contributed by atoms with Gasteiger partial charge in [-0.2, -0.15) is 0 Å². The van der Waals surface area contributed by atoms with Crippen LogP contribution in [0.3, 0.4) is 0 Å². The summed E-state index contributed by atoms with van der Waals surface area (Å²) < 4.78 is 55.1. The summed E-state index contributed by atoms with van der Waals surface area (Å²) >= 11 is 0. The lowest BCUT2D eigenvalue weighted by Crippen LogP contribution is -2.19. The minimum atomic E-state index is -4.95. The monoisotopic (exact) mass is 464 g/mol. The number of halogens is 4. The number of hydrogen-bond acceptors (Lipinski definition) is 4. The van der Waals surface area contributed by atoms with E-state index in [0.29, 0.717) is 28.9 Å². The van der Waals surface area contributed by atoms with Crippen LogP contribution in [0.15, 0.2) is 30.3 Å². The first-order valence-electron chi connectivity index (χ1n) is 10.7. The Bertz CT molecular complexity index is 1170. The van der Waals surface area contributed by atoms with E-state index in [4.69, 9.17) is 4.98 Å². The molecular weight excluding hydrogens is 440 g/mol. The molecule has 4 rings (SSSR count). The van der Waals surface area contributed by atoms with Crippen LogP contribution in [0.25, 0.3) is 11.0 Å². The number of carbonyl (C=O) groups excluding carboxylic acids is 1. The maximum atomic E-state index is 14.4. The number of nitrogens with zero attached hydrogens (tertiary/aromatic N) is 2. The Labute approximate surface area is 187 Å². The van der Waals surface area contributed by atoms with Crippen LogP contribution in [0.1, 0.15) is 54.2 Å². The zero-order chi connectivity index (χ0) is 23.8. The van der Waals surface area contributed by atoms with Crippen LogP contribution in [0.5, 0.6) is 5.75 Å². The molecule has 1 amide bonds. The molecule has 1 aliphatic carbocycles. The molecule has 1 fully saturated rings. The Morgan fingerprint density at radius 1 is 1.15 bits per heavy atom. The van der Waals surface area contributed by atoms with Crippen molar-refractivity contribution in [2.75, 3.05) is 24.3 Å². The minimum Gasteiger partial charge on any atom is -0.406 e. The highest BCUT2D eigenvalue weighted by molar-refractivity contribution is 6.07. The lowest BCUT2D eigenvalue weighted by Gasteiger charge is -2.19. The number of aromatic amines is 1. The molecule has 0 unspecified atom stereocenters. The third-order valence-electron chi connectivity index (χ3n) is 5.76. The standard InChI is InChI=1S/C23H24F4N4O2/c1-31(2)20-12-18-17(28-21(29-18)13-6-4-3-5-7-13)11-19(20)30-22(32)15-9-8-14(10-16(15)24)33-23(25,26)27/h8-13H,3-7H2,1-2H3,(H,28,29)(H,30,32). The Morgan fingerprint density at radius 3 is 2.52 bits per heavy atom. The van der Waals surface area contributed by atoms with Crippen LogP contribution in [-0.4, -0.2) is 36.3 Å². The summed E-state index contributed by atoms with van der Waals surface area (Å²) in [5.41, 5.74) is 2.18. The van der Waals surface area contributed by atoms with Crippen molar-refractivity contribution in [3.8, 4) is 5.75 Å². The van der Waals surface area contributed by atoms with Crippen LogP contribution >= 0.6 is 0 Å². The molecule has 2 N–H and O–H groups in total. The van der Waals surface area contributed by atoms with Crippen molar-refractivity contribution in [1.82, 2.24) is 9.97 Å². The summed E-state index contributed by atoms with van der Waals surface area (Å²) in [6, 6.07) is 5.95. The van der Waals surface area contributed by atoms with Gasteiger partial charge in [0, 0.05) is 26.1 Å². The first kappa shape index (κ1) is 22.9. The van der Waals surface area contributed by atoms with E-state index in [0.717, 1.165) is 36.3 Å². The average Bonchev–Trinajstić information content (AvgIpc) is 3.15. The van der Waals surface area contributed by atoms with Gasteiger partial charge in [0.25, 0.3) is 5.91 Å². The average molecular weight is 464 g/mol. The number of anilines is 2. The highest BCUT2D eigenvalue weighted by Crippen LogP contribution is 2.35. The first-order chi connectivity index (χ1) is 15.6. The highest BCUT2D eigenvalue weighted by atomic mass is 19.4. The second-order valence-electron chi connectivity index (χ2n) is 8.38. The van der Waals surface area contributed by atoms with Gasteiger partial charge in [-0.1, -0.05) is 19.3 Å². The second-order valence-corrected chi connectivity index (χ2v) is 8.38. The number of aromatic nitrogens is 2. The van der Waals surface area contributed by atoms with Crippen LogP contribution in [0, 0.1) is 5.82 Å². The van der Waals surface area contributed by atoms with E-state index in [1.54, 1.807) is 25.1 Å².